The molecular formula is C29H33Cl2N3O4S. The van der Waals surface area contributed by atoms with Gasteiger partial charge in [-0.1, -0.05) is 91.6 Å². The zero-order valence-corrected chi connectivity index (χ0v) is 24.5. The first-order chi connectivity index (χ1) is 18.5. The van der Waals surface area contributed by atoms with Crippen molar-refractivity contribution in [3.05, 3.63) is 100 Å². The van der Waals surface area contributed by atoms with Crippen LogP contribution in [0.1, 0.15) is 25.0 Å². The maximum Gasteiger partial charge on any atom is 0.244 e. The summed E-state index contributed by atoms with van der Waals surface area (Å²) >= 11 is 12.6. The molecule has 10 heteroatoms. The largest absolute Gasteiger partial charge is 0.354 e. The maximum atomic E-state index is 14.0. The number of carbonyl (C=O) groups is 2. The summed E-state index contributed by atoms with van der Waals surface area (Å²) in [7, 11) is -3.82. The van der Waals surface area contributed by atoms with Crippen LogP contribution in [0.2, 0.25) is 10.0 Å². The van der Waals surface area contributed by atoms with E-state index in [0.29, 0.717) is 27.8 Å². The Balaban J connectivity index is 2.06. The van der Waals surface area contributed by atoms with Gasteiger partial charge in [0.05, 0.1) is 11.9 Å². The molecule has 0 aliphatic rings. The Labute approximate surface area is 240 Å². The first kappa shape index (κ1) is 30.5. The summed E-state index contributed by atoms with van der Waals surface area (Å²) in [5, 5.41) is 3.72. The van der Waals surface area contributed by atoms with E-state index in [0.717, 1.165) is 16.1 Å². The second-order valence-corrected chi connectivity index (χ2v) is 12.5. The van der Waals surface area contributed by atoms with E-state index in [-0.39, 0.29) is 24.8 Å². The van der Waals surface area contributed by atoms with E-state index in [1.165, 1.54) is 4.90 Å². The van der Waals surface area contributed by atoms with Crippen LogP contribution in [0.15, 0.2) is 78.9 Å². The highest BCUT2D eigenvalue weighted by molar-refractivity contribution is 7.92. The van der Waals surface area contributed by atoms with Crippen molar-refractivity contribution in [1.29, 1.82) is 0 Å². The third-order valence-corrected chi connectivity index (χ3v) is 7.76. The van der Waals surface area contributed by atoms with E-state index in [1.54, 1.807) is 48.5 Å². The third-order valence-electron chi connectivity index (χ3n) is 6.03. The van der Waals surface area contributed by atoms with Crippen molar-refractivity contribution in [2.45, 2.75) is 32.9 Å². The van der Waals surface area contributed by atoms with Gasteiger partial charge in [0.25, 0.3) is 0 Å². The molecule has 0 heterocycles. The fraction of sp³-hybridized carbons (Fsp3) is 0.310. The molecule has 3 aromatic rings. The quantitative estimate of drug-likeness (QED) is 0.315. The van der Waals surface area contributed by atoms with Crippen LogP contribution >= 0.6 is 23.2 Å². The predicted molar refractivity (Wildman–Crippen MR) is 157 cm³/mol. The number of anilines is 1. The Morgan fingerprint density at radius 3 is 2.10 bits per heavy atom. The van der Waals surface area contributed by atoms with Crippen molar-refractivity contribution in [3.8, 4) is 0 Å². The first-order valence-corrected chi connectivity index (χ1v) is 15.1. The minimum Gasteiger partial charge on any atom is -0.354 e. The lowest BCUT2D eigenvalue weighted by Crippen LogP contribution is -2.53. The van der Waals surface area contributed by atoms with E-state index in [1.807, 2.05) is 44.2 Å². The molecule has 0 saturated heterocycles. The minimum absolute atomic E-state index is 0.0200. The lowest BCUT2D eigenvalue weighted by Gasteiger charge is -2.34. The van der Waals surface area contributed by atoms with Crippen LogP contribution in [-0.2, 0) is 32.6 Å². The Kier molecular flexibility index (Phi) is 10.8. The molecule has 1 unspecified atom stereocenters. The van der Waals surface area contributed by atoms with Crippen molar-refractivity contribution >= 4 is 50.7 Å². The molecule has 7 nitrogen and oxygen atoms in total. The number of sulfonamides is 1. The van der Waals surface area contributed by atoms with Crippen molar-refractivity contribution in [2.24, 2.45) is 5.92 Å². The number of carbonyl (C=O) groups excluding carboxylic acids is 2. The molecule has 208 valence electrons. The molecule has 0 saturated carbocycles. The average Bonchev–Trinajstić information content (AvgIpc) is 2.89. The van der Waals surface area contributed by atoms with E-state index < -0.39 is 28.5 Å². The fourth-order valence-corrected chi connectivity index (χ4v) is 5.34. The Morgan fingerprint density at radius 2 is 1.54 bits per heavy atom. The molecule has 2 amide bonds. The number of amides is 2. The van der Waals surface area contributed by atoms with Gasteiger partial charge in [-0.2, -0.15) is 0 Å². The molecule has 0 aliphatic heterocycles. The van der Waals surface area contributed by atoms with Gasteiger partial charge < -0.3 is 10.2 Å². The second kappa shape index (κ2) is 13.8. The van der Waals surface area contributed by atoms with Gasteiger partial charge >= 0.3 is 0 Å². The van der Waals surface area contributed by atoms with Crippen LogP contribution in [-0.4, -0.2) is 50.5 Å². The molecule has 0 spiro atoms. The van der Waals surface area contributed by atoms with Crippen molar-refractivity contribution in [2.75, 3.05) is 23.7 Å². The van der Waals surface area contributed by atoms with Crippen molar-refractivity contribution in [1.82, 2.24) is 10.2 Å². The Bertz CT molecular complexity index is 1370. The summed E-state index contributed by atoms with van der Waals surface area (Å²) in [5.41, 5.74) is 1.78. The molecule has 3 rings (SSSR count). The number of hydrogen-bond donors (Lipinski definition) is 1. The molecule has 0 fully saturated rings. The summed E-state index contributed by atoms with van der Waals surface area (Å²) in [6, 6.07) is 21.7. The number of halogens is 2. The predicted octanol–water partition coefficient (Wildman–Crippen LogP) is 5.17. The lowest BCUT2D eigenvalue weighted by molar-refractivity contribution is -0.140. The van der Waals surface area contributed by atoms with Crippen LogP contribution in [0.3, 0.4) is 0 Å². The average molecular weight is 591 g/mol. The molecule has 0 radical (unpaired) electrons. The van der Waals surface area contributed by atoms with Gasteiger partial charge in [0.15, 0.2) is 0 Å². The topological polar surface area (TPSA) is 86.8 Å². The molecule has 0 aromatic heterocycles. The molecule has 1 N–H and O–H groups in total. The van der Waals surface area contributed by atoms with Crippen LogP contribution in [0.4, 0.5) is 5.69 Å². The summed E-state index contributed by atoms with van der Waals surface area (Å²) in [6.07, 6.45) is 1.27. The molecule has 39 heavy (non-hydrogen) atoms. The van der Waals surface area contributed by atoms with Gasteiger partial charge in [-0.05, 0) is 41.3 Å². The van der Waals surface area contributed by atoms with Crippen LogP contribution in [0.25, 0.3) is 0 Å². The number of nitrogens with zero attached hydrogens (tertiary/aromatic N) is 2. The normalized spacial score (nSPS) is 12.2. The zero-order valence-electron chi connectivity index (χ0n) is 22.2. The number of rotatable bonds is 12. The Morgan fingerprint density at radius 1 is 0.923 bits per heavy atom. The third kappa shape index (κ3) is 8.98. The first-order valence-electron chi connectivity index (χ1n) is 12.5. The molecule has 0 aliphatic carbocycles. The van der Waals surface area contributed by atoms with Gasteiger partial charge in [0.1, 0.15) is 12.6 Å². The smallest absolute Gasteiger partial charge is 0.244 e. The van der Waals surface area contributed by atoms with E-state index in [9.17, 15) is 18.0 Å². The number of nitrogens with one attached hydrogen (secondary N) is 1. The molecule has 0 bridgehead atoms. The SMILES string of the molecule is CC(C)CNC(=O)C(Cc1ccccc1)N(Cc1ccc(Cl)cc1Cl)C(=O)CN(c1ccccc1)S(C)(=O)=O. The van der Waals surface area contributed by atoms with E-state index in [4.69, 9.17) is 23.2 Å². The van der Waals surface area contributed by atoms with E-state index >= 15 is 0 Å². The van der Waals surface area contributed by atoms with Crippen LogP contribution in [0.5, 0.6) is 0 Å². The van der Waals surface area contributed by atoms with Gasteiger partial charge in [-0.3, -0.25) is 13.9 Å². The number of benzene rings is 3. The van der Waals surface area contributed by atoms with E-state index in [2.05, 4.69) is 5.32 Å². The maximum absolute atomic E-state index is 14.0. The van der Waals surface area contributed by atoms with Gasteiger partial charge in [-0.15, -0.1) is 0 Å². The van der Waals surface area contributed by atoms with Crippen molar-refractivity contribution in [3.63, 3.8) is 0 Å². The van der Waals surface area contributed by atoms with Crippen LogP contribution < -0.4 is 9.62 Å². The van der Waals surface area contributed by atoms with Gasteiger partial charge in [0, 0.05) is 29.6 Å². The van der Waals surface area contributed by atoms with Gasteiger partial charge in [-0.25, -0.2) is 8.42 Å². The van der Waals surface area contributed by atoms with Crippen LogP contribution in [0, 0.1) is 5.92 Å². The zero-order chi connectivity index (χ0) is 28.6. The monoisotopic (exact) mass is 589 g/mol. The summed E-state index contributed by atoms with van der Waals surface area (Å²) in [5.74, 6) is -0.687. The Hall–Kier alpha value is -3.07. The highest BCUT2D eigenvalue weighted by Crippen LogP contribution is 2.25. The minimum atomic E-state index is -3.82. The summed E-state index contributed by atoms with van der Waals surface area (Å²) in [4.78, 5) is 29.0. The van der Waals surface area contributed by atoms with Crippen molar-refractivity contribution < 1.29 is 18.0 Å². The summed E-state index contributed by atoms with van der Waals surface area (Å²) < 4.78 is 26.5. The standard InChI is InChI=1S/C29H33Cl2N3O4S/c1-21(2)18-32-29(36)27(16-22-10-6-4-7-11-22)33(19-23-14-15-24(30)17-26(23)31)28(35)20-34(39(3,37)38)25-12-8-5-9-13-25/h4-15,17,21,27H,16,18-20H2,1-3H3,(H,32,36). The lowest BCUT2D eigenvalue weighted by atomic mass is 10.0. The summed E-state index contributed by atoms with van der Waals surface area (Å²) in [6.45, 7) is 3.87. The molecule has 1 atom stereocenters. The highest BCUT2D eigenvalue weighted by Gasteiger charge is 2.33. The fourth-order valence-electron chi connectivity index (χ4n) is 4.02. The molecule has 3 aromatic carbocycles. The highest BCUT2D eigenvalue weighted by atomic mass is 35.5. The number of hydrogen-bond acceptors (Lipinski definition) is 4. The molecular weight excluding hydrogens is 557 g/mol. The number of para-hydroxylation sites is 1. The van der Waals surface area contributed by atoms with Gasteiger partial charge in [0.2, 0.25) is 21.8 Å². The second-order valence-electron chi connectivity index (χ2n) is 9.71.